The third kappa shape index (κ3) is 6.61. The molecule has 1 aromatic heterocycles. The van der Waals surface area contributed by atoms with E-state index in [1.54, 1.807) is 37.5 Å². The minimum Gasteiger partial charge on any atom is -0.497 e. The first-order valence-electron chi connectivity index (χ1n) is 10.8. The number of nitrogens with one attached hydrogen (secondary N) is 1. The molecule has 1 unspecified atom stereocenters. The number of methoxy groups -OCH3 is 1. The fourth-order valence-corrected chi connectivity index (χ4v) is 3.95. The molecule has 1 heterocycles. The number of allylic oxidation sites excluding steroid dienone is 1. The molecule has 0 aliphatic heterocycles. The van der Waals surface area contributed by atoms with Gasteiger partial charge in [-0.25, -0.2) is 0 Å². The molecule has 1 amide bonds. The number of thioether (sulfide) groups is 1. The maximum atomic E-state index is 12.4. The van der Waals surface area contributed by atoms with E-state index in [0.717, 1.165) is 11.5 Å². The van der Waals surface area contributed by atoms with Crippen molar-refractivity contribution in [3.63, 3.8) is 0 Å². The normalized spacial score (nSPS) is 11.8. The number of carbonyl (C=O) groups excluding carboxylic acids is 1. The van der Waals surface area contributed by atoms with E-state index in [2.05, 4.69) is 48.1 Å². The molecule has 33 heavy (non-hydrogen) atoms. The van der Waals surface area contributed by atoms with Gasteiger partial charge in [-0.15, -0.1) is 16.8 Å². The zero-order chi connectivity index (χ0) is 23.8. The van der Waals surface area contributed by atoms with Gasteiger partial charge in [-0.05, 0) is 54.8 Å². The Hall–Kier alpha value is -3.26. The van der Waals surface area contributed by atoms with Gasteiger partial charge in [0.1, 0.15) is 11.5 Å². The maximum Gasteiger partial charge on any atom is 0.234 e. The highest BCUT2D eigenvalue weighted by atomic mass is 32.2. The molecular weight excluding hydrogens is 436 g/mol. The number of hydrogen-bond acceptors (Lipinski definition) is 6. The van der Waals surface area contributed by atoms with Crippen LogP contribution >= 0.6 is 11.8 Å². The molecule has 0 radical (unpaired) electrons. The van der Waals surface area contributed by atoms with Crippen LogP contribution in [-0.4, -0.2) is 33.5 Å². The lowest BCUT2D eigenvalue weighted by Crippen LogP contribution is -2.15. The molecule has 1 atom stereocenters. The highest BCUT2D eigenvalue weighted by Gasteiger charge is 2.20. The Morgan fingerprint density at radius 2 is 1.76 bits per heavy atom. The molecule has 3 rings (SSSR count). The maximum absolute atomic E-state index is 12.4. The number of nitrogens with zero attached hydrogens (tertiary/aromatic N) is 3. The number of aromatic nitrogens is 3. The fourth-order valence-electron chi connectivity index (χ4n) is 3.20. The standard InChI is InChI=1S/C25H30N4O3S/c1-6-15-29-24(18(4)32-22-11-7-19(8-12-22)17(2)3)27-28-25(29)33-16-23(30)26-20-9-13-21(31-5)14-10-20/h6-14,17-18H,1,15-16H2,2-5H3,(H,26,30). The van der Waals surface area contributed by atoms with Crippen molar-refractivity contribution in [3.8, 4) is 11.5 Å². The summed E-state index contributed by atoms with van der Waals surface area (Å²) in [5.41, 5.74) is 1.97. The van der Waals surface area contributed by atoms with Gasteiger partial charge in [-0.2, -0.15) is 0 Å². The smallest absolute Gasteiger partial charge is 0.234 e. The predicted molar refractivity (Wildman–Crippen MR) is 132 cm³/mol. The third-order valence-electron chi connectivity index (χ3n) is 4.99. The summed E-state index contributed by atoms with van der Waals surface area (Å²) in [6.45, 7) is 10.6. The summed E-state index contributed by atoms with van der Waals surface area (Å²) in [6, 6.07) is 15.3. The van der Waals surface area contributed by atoms with Crippen molar-refractivity contribution in [1.82, 2.24) is 14.8 Å². The second-order valence-electron chi connectivity index (χ2n) is 7.79. The minimum absolute atomic E-state index is 0.130. The Kier molecular flexibility index (Phi) is 8.54. The molecule has 7 nitrogen and oxygen atoms in total. The largest absolute Gasteiger partial charge is 0.497 e. The van der Waals surface area contributed by atoms with Gasteiger partial charge in [-0.3, -0.25) is 9.36 Å². The zero-order valence-electron chi connectivity index (χ0n) is 19.4. The third-order valence-corrected chi connectivity index (χ3v) is 5.95. The van der Waals surface area contributed by atoms with Crippen LogP contribution in [0.1, 0.15) is 44.2 Å². The van der Waals surface area contributed by atoms with Crippen molar-refractivity contribution in [2.75, 3.05) is 18.2 Å². The van der Waals surface area contributed by atoms with Crippen molar-refractivity contribution in [3.05, 3.63) is 72.6 Å². The van der Waals surface area contributed by atoms with Gasteiger partial charge in [0, 0.05) is 12.2 Å². The summed E-state index contributed by atoms with van der Waals surface area (Å²) in [4.78, 5) is 12.4. The second kappa shape index (κ2) is 11.6. The Morgan fingerprint density at radius 1 is 1.09 bits per heavy atom. The summed E-state index contributed by atoms with van der Waals surface area (Å²) >= 11 is 1.32. The van der Waals surface area contributed by atoms with Gasteiger partial charge in [-0.1, -0.05) is 43.8 Å². The lowest BCUT2D eigenvalue weighted by Gasteiger charge is -2.16. The summed E-state index contributed by atoms with van der Waals surface area (Å²) in [5, 5.41) is 12.1. The molecule has 0 saturated heterocycles. The van der Waals surface area contributed by atoms with Gasteiger partial charge in [0.2, 0.25) is 5.91 Å². The Morgan fingerprint density at radius 3 is 2.36 bits per heavy atom. The quantitative estimate of drug-likeness (QED) is 0.298. The number of carbonyl (C=O) groups is 1. The van der Waals surface area contributed by atoms with E-state index in [1.807, 2.05) is 23.6 Å². The number of hydrogen-bond donors (Lipinski definition) is 1. The van der Waals surface area contributed by atoms with Crippen LogP contribution in [0.3, 0.4) is 0 Å². The molecule has 3 aromatic rings. The number of amides is 1. The molecule has 0 bridgehead atoms. The van der Waals surface area contributed by atoms with E-state index in [-0.39, 0.29) is 17.8 Å². The van der Waals surface area contributed by atoms with Crippen LogP contribution < -0.4 is 14.8 Å². The van der Waals surface area contributed by atoms with Crippen molar-refractivity contribution in [1.29, 1.82) is 0 Å². The predicted octanol–water partition coefficient (Wildman–Crippen LogP) is 5.47. The molecule has 0 spiro atoms. The van der Waals surface area contributed by atoms with Gasteiger partial charge >= 0.3 is 0 Å². The van der Waals surface area contributed by atoms with E-state index in [9.17, 15) is 4.79 Å². The van der Waals surface area contributed by atoms with Gasteiger partial charge in [0.05, 0.1) is 12.9 Å². The lowest BCUT2D eigenvalue weighted by molar-refractivity contribution is -0.113. The van der Waals surface area contributed by atoms with Gasteiger partial charge < -0.3 is 14.8 Å². The Balaban J connectivity index is 1.63. The van der Waals surface area contributed by atoms with Gasteiger partial charge in [0.25, 0.3) is 0 Å². The molecule has 0 saturated carbocycles. The van der Waals surface area contributed by atoms with E-state index in [0.29, 0.717) is 29.1 Å². The number of benzene rings is 2. The monoisotopic (exact) mass is 466 g/mol. The molecule has 0 fully saturated rings. The van der Waals surface area contributed by atoms with Crippen LogP contribution in [0.2, 0.25) is 0 Å². The number of anilines is 1. The van der Waals surface area contributed by atoms with E-state index < -0.39 is 0 Å². The lowest BCUT2D eigenvalue weighted by atomic mass is 10.0. The van der Waals surface area contributed by atoms with Crippen LogP contribution in [0, 0.1) is 0 Å². The Labute approximate surface area is 199 Å². The van der Waals surface area contributed by atoms with Crippen LogP contribution in [-0.2, 0) is 11.3 Å². The summed E-state index contributed by atoms with van der Waals surface area (Å²) in [7, 11) is 1.60. The first kappa shape index (κ1) is 24.4. The van der Waals surface area contributed by atoms with Crippen LogP contribution in [0.4, 0.5) is 5.69 Å². The van der Waals surface area contributed by atoms with Crippen molar-refractivity contribution >= 4 is 23.4 Å². The first-order chi connectivity index (χ1) is 15.9. The van der Waals surface area contributed by atoms with Crippen LogP contribution in [0.15, 0.2) is 66.3 Å². The molecule has 8 heteroatoms. The van der Waals surface area contributed by atoms with E-state index >= 15 is 0 Å². The molecule has 0 aliphatic carbocycles. The van der Waals surface area contributed by atoms with E-state index in [4.69, 9.17) is 9.47 Å². The van der Waals surface area contributed by atoms with Crippen LogP contribution in [0.5, 0.6) is 11.5 Å². The molecule has 0 aliphatic rings. The van der Waals surface area contributed by atoms with Gasteiger partial charge in [0.15, 0.2) is 17.1 Å². The SMILES string of the molecule is C=CCn1c(SCC(=O)Nc2ccc(OC)cc2)nnc1C(C)Oc1ccc(C(C)C)cc1. The fraction of sp³-hybridized carbons (Fsp3) is 0.320. The van der Waals surface area contributed by atoms with Crippen molar-refractivity contribution < 1.29 is 14.3 Å². The Bertz CT molecular complexity index is 1060. The van der Waals surface area contributed by atoms with E-state index in [1.165, 1.54) is 17.3 Å². The topological polar surface area (TPSA) is 78.3 Å². The molecule has 1 N–H and O–H groups in total. The highest BCUT2D eigenvalue weighted by molar-refractivity contribution is 7.99. The number of rotatable bonds is 11. The minimum atomic E-state index is -0.315. The summed E-state index contributed by atoms with van der Waals surface area (Å²) < 4.78 is 13.2. The highest BCUT2D eigenvalue weighted by Crippen LogP contribution is 2.26. The molecular formula is C25H30N4O3S. The zero-order valence-corrected chi connectivity index (χ0v) is 20.3. The average Bonchev–Trinajstić information content (AvgIpc) is 3.21. The van der Waals surface area contributed by atoms with Crippen molar-refractivity contribution in [2.24, 2.45) is 0 Å². The molecule has 174 valence electrons. The summed E-state index contributed by atoms with van der Waals surface area (Å²) in [6.07, 6.45) is 1.46. The average molecular weight is 467 g/mol. The second-order valence-corrected chi connectivity index (χ2v) is 8.73. The van der Waals surface area contributed by atoms with Crippen LogP contribution in [0.25, 0.3) is 0 Å². The number of ether oxygens (including phenoxy) is 2. The first-order valence-corrected chi connectivity index (χ1v) is 11.8. The van der Waals surface area contributed by atoms with Crippen molar-refractivity contribution in [2.45, 2.75) is 44.5 Å². The molecule has 2 aromatic carbocycles. The summed E-state index contributed by atoms with van der Waals surface area (Å²) in [5.74, 6) is 2.73.